The highest BCUT2D eigenvalue weighted by Gasteiger charge is 2.23. The third-order valence-electron chi connectivity index (χ3n) is 4.90. The SMILES string of the molecule is O=C(O)C[S+]([O-])Cc1nc(NCc2ccc(F)cc2Cl)c2c3c(sc2n1)CCCC3. The van der Waals surface area contributed by atoms with Crippen molar-refractivity contribution in [3.63, 3.8) is 0 Å². The molecule has 0 radical (unpaired) electrons. The lowest BCUT2D eigenvalue weighted by Crippen LogP contribution is -2.18. The molecule has 1 aromatic carbocycles. The van der Waals surface area contributed by atoms with Gasteiger partial charge in [0.2, 0.25) is 5.75 Å². The number of nitrogens with one attached hydrogen (secondary N) is 1. The van der Waals surface area contributed by atoms with Gasteiger partial charge in [-0.15, -0.1) is 11.3 Å². The minimum atomic E-state index is -1.60. The smallest absolute Gasteiger partial charge is 0.353 e. The van der Waals surface area contributed by atoms with Gasteiger partial charge in [-0.1, -0.05) is 17.7 Å². The van der Waals surface area contributed by atoms with Gasteiger partial charge in [0.1, 0.15) is 16.5 Å². The van der Waals surface area contributed by atoms with Crippen molar-refractivity contribution in [2.24, 2.45) is 0 Å². The third-order valence-corrected chi connectivity index (χ3v) is 7.58. The number of hydrogen-bond acceptors (Lipinski definition) is 6. The molecule has 0 aliphatic heterocycles. The van der Waals surface area contributed by atoms with Crippen LogP contribution in [0.3, 0.4) is 0 Å². The second kappa shape index (κ2) is 9.05. The minimum absolute atomic E-state index is 0.0310. The van der Waals surface area contributed by atoms with E-state index < -0.39 is 28.7 Å². The zero-order chi connectivity index (χ0) is 21.3. The summed E-state index contributed by atoms with van der Waals surface area (Å²) in [6.07, 6.45) is 4.19. The zero-order valence-electron chi connectivity index (χ0n) is 15.9. The number of aliphatic carboxylic acids is 1. The average Bonchev–Trinajstić information content (AvgIpc) is 3.04. The number of benzene rings is 1. The van der Waals surface area contributed by atoms with Crippen LogP contribution in [0.1, 0.15) is 34.7 Å². The Hall–Kier alpha value is -1.94. The van der Waals surface area contributed by atoms with E-state index in [1.807, 2.05) is 0 Å². The summed E-state index contributed by atoms with van der Waals surface area (Å²) in [5, 5.41) is 13.4. The molecule has 6 nitrogen and oxygen atoms in total. The second-order valence-corrected chi connectivity index (χ2v) is 10.0. The molecule has 1 unspecified atom stereocenters. The Morgan fingerprint density at radius 3 is 2.90 bits per heavy atom. The van der Waals surface area contributed by atoms with Gasteiger partial charge in [0.25, 0.3) is 0 Å². The maximum atomic E-state index is 13.3. The van der Waals surface area contributed by atoms with Crippen LogP contribution in [-0.4, -0.2) is 31.3 Å². The summed E-state index contributed by atoms with van der Waals surface area (Å²) in [6.45, 7) is 0.341. The molecule has 2 aromatic heterocycles. The molecule has 1 atom stereocenters. The topological polar surface area (TPSA) is 98.2 Å². The molecule has 30 heavy (non-hydrogen) atoms. The lowest BCUT2D eigenvalue weighted by atomic mass is 9.97. The number of fused-ring (bicyclic) bond motifs is 3. The van der Waals surface area contributed by atoms with Crippen LogP contribution in [0.5, 0.6) is 0 Å². The van der Waals surface area contributed by atoms with Gasteiger partial charge in [0, 0.05) is 16.4 Å². The summed E-state index contributed by atoms with van der Waals surface area (Å²) in [5.41, 5.74) is 1.97. The van der Waals surface area contributed by atoms with E-state index in [0.717, 1.165) is 41.5 Å². The van der Waals surface area contributed by atoms with E-state index >= 15 is 0 Å². The van der Waals surface area contributed by atoms with Crippen LogP contribution in [0.2, 0.25) is 5.02 Å². The third kappa shape index (κ3) is 4.69. The van der Waals surface area contributed by atoms with E-state index in [1.54, 1.807) is 17.4 Å². The van der Waals surface area contributed by atoms with E-state index in [1.165, 1.54) is 22.6 Å². The number of hydrogen-bond donors (Lipinski definition) is 2. The standard InChI is InChI=1S/C20H19ClFN3O3S2/c21-14-7-12(22)6-5-11(14)8-23-19-18-13-3-1-2-4-15(13)29-20(18)25-16(24-19)9-30(28)10-17(26)27/h5-7H,1-4,8-10H2,(H,26,27)(H,23,24,25). The van der Waals surface area contributed by atoms with Crippen molar-refractivity contribution in [2.75, 3.05) is 11.1 Å². The van der Waals surface area contributed by atoms with Gasteiger partial charge in [0.15, 0.2) is 11.6 Å². The molecule has 10 heteroatoms. The summed E-state index contributed by atoms with van der Waals surface area (Å²) in [6, 6.07) is 4.24. The number of carboxylic acid groups (broad SMARTS) is 1. The molecule has 0 bridgehead atoms. The Labute approximate surface area is 184 Å². The summed E-state index contributed by atoms with van der Waals surface area (Å²) in [7, 11) is 0. The first-order chi connectivity index (χ1) is 14.4. The molecular weight excluding hydrogens is 449 g/mol. The Kier molecular flexibility index (Phi) is 6.43. The molecule has 2 N–H and O–H groups in total. The Morgan fingerprint density at radius 2 is 2.13 bits per heavy atom. The van der Waals surface area contributed by atoms with Crippen LogP contribution in [0, 0.1) is 5.82 Å². The van der Waals surface area contributed by atoms with Gasteiger partial charge in [0.05, 0.1) is 5.39 Å². The number of carboxylic acids is 1. The maximum absolute atomic E-state index is 13.3. The summed E-state index contributed by atoms with van der Waals surface area (Å²) in [4.78, 5) is 22.1. The van der Waals surface area contributed by atoms with Gasteiger partial charge in [-0.05, 0) is 60.1 Å². The molecule has 1 aliphatic rings. The van der Waals surface area contributed by atoms with Gasteiger partial charge in [-0.2, -0.15) is 0 Å². The molecule has 0 spiro atoms. The molecule has 1 aliphatic carbocycles. The van der Waals surface area contributed by atoms with E-state index in [9.17, 15) is 13.7 Å². The van der Waals surface area contributed by atoms with Crippen LogP contribution in [0.15, 0.2) is 18.2 Å². The predicted molar refractivity (Wildman–Crippen MR) is 117 cm³/mol. The fraction of sp³-hybridized carbons (Fsp3) is 0.350. The number of nitrogens with zero attached hydrogens (tertiary/aromatic N) is 2. The highest BCUT2D eigenvalue weighted by Crippen LogP contribution is 2.39. The fourth-order valence-electron chi connectivity index (χ4n) is 3.57. The molecule has 2 heterocycles. The predicted octanol–water partition coefficient (Wildman–Crippen LogP) is 4.31. The lowest BCUT2D eigenvalue weighted by molar-refractivity contribution is -0.134. The van der Waals surface area contributed by atoms with Crippen molar-refractivity contribution in [3.05, 3.63) is 50.9 Å². The summed E-state index contributed by atoms with van der Waals surface area (Å²) < 4.78 is 25.4. The van der Waals surface area contributed by atoms with Crippen LogP contribution in [0.4, 0.5) is 10.2 Å². The molecule has 158 valence electrons. The second-order valence-electron chi connectivity index (χ2n) is 7.09. The Morgan fingerprint density at radius 1 is 1.33 bits per heavy atom. The molecule has 3 aromatic rings. The molecule has 0 fully saturated rings. The highest BCUT2D eigenvalue weighted by atomic mass is 35.5. The largest absolute Gasteiger partial charge is 0.616 e. The van der Waals surface area contributed by atoms with E-state index in [2.05, 4.69) is 15.3 Å². The number of carbonyl (C=O) groups is 1. The van der Waals surface area contributed by atoms with Gasteiger partial charge in [-0.25, -0.2) is 19.2 Å². The van der Waals surface area contributed by atoms with Crippen molar-refractivity contribution in [3.8, 4) is 0 Å². The number of thiophene rings is 1. The first-order valence-electron chi connectivity index (χ1n) is 9.46. The van der Waals surface area contributed by atoms with Crippen molar-refractivity contribution in [1.82, 2.24) is 9.97 Å². The number of anilines is 1. The van der Waals surface area contributed by atoms with Crippen LogP contribution in [-0.2, 0) is 41.1 Å². The number of halogens is 2. The van der Waals surface area contributed by atoms with Crippen LogP contribution < -0.4 is 5.32 Å². The first kappa shape index (κ1) is 21.3. The molecule has 0 saturated heterocycles. The van der Waals surface area contributed by atoms with Gasteiger partial charge in [-0.3, -0.25) is 0 Å². The lowest BCUT2D eigenvalue weighted by Gasteiger charge is -2.14. The van der Waals surface area contributed by atoms with Crippen molar-refractivity contribution in [2.45, 2.75) is 38.0 Å². The molecular formula is C20H19ClFN3O3S2. The average molecular weight is 468 g/mol. The van der Waals surface area contributed by atoms with Crippen LogP contribution in [0.25, 0.3) is 10.2 Å². The first-order valence-corrected chi connectivity index (χ1v) is 12.1. The quantitative estimate of drug-likeness (QED) is 0.502. The number of rotatable bonds is 7. The van der Waals surface area contributed by atoms with Gasteiger partial charge >= 0.3 is 5.97 Å². The van der Waals surface area contributed by atoms with E-state index in [-0.39, 0.29) is 5.75 Å². The van der Waals surface area contributed by atoms with Crippen molar-refractivity contribution < 1.29 is 18.8 Å². The zero-order valence-corrected chi connectivity index (χ0v) is 18.3. The maximum Gasteiger partial charge on any atom is 0.353 e. The van der Waals surface area contributed by atoms with E-state index in [4.69, 9.17) is 16.7 Å². The monoisotopic (exact) mass is 467 g/mol. The van der Waals surface area contributed by atoms with Gasteiger partial charge < -0.3 is 15.0 Å². The fourth-order valence-corrected chi connectivity index (χ4v) is 5.88. The molecule has 0 saturated carbocycles. The van der Waals surface area contributed by atoms with Crippen molar-refractivity contribution in [1.29, 1.82) is 0 Å². The molecule has 0 amide bonds. The summed E-state index contributed by atoms with van der Waals surface area (Å²) >= 11 is 6.17. The normalized spacial score (nSPS) is 14.5. The highest BCUT2D eigenvalue weighted by molar-refractivity contribution is 7.91. The van der Waals surface area contributed by atoms with Crippen LogP contribution >= 0.6 is 22.9 Å². The van der Waals surface area contributed by atoms with Crippen molar-refractivity contribution >= 4 is 56.1 Å². The summed E-state index contributed by atoms with van der Waals surface area (Å²) in [5.74, 6) is -1.04. The Bertz CT molecular complexity index is 1110. The van der Waals surface area contributed by atoms with E-state index in [0.29, 0.717) is 23.2 Å². The molecule has 4 rings (SSSR count). The minimum Gasteiger partial charge on any atom is -0.616 e. The Balaban J connectivity index is 1.69. The number of aromatic nitrogens is 2. The number of aryl methyl sites for hydroxylation is 2.